The van der Waals surface area contributed by atoms with E-state index in [0.29, 0.717) is 27.3 Å². The summed E-state index contributed by atoms with van der Waals surface area (Å²) in [5.74, 6) is 0.992. The van der Waals surface area contributed by atoms with Gasteiger partial charge in [-0.25, -0.2) is 5.43 Å². The minimum Gasteiger partial charge on any atom is -0.504 e. The molecule has 0 fully saturated rings. The Morgan fingerprint density at radius 1 is 1.40 bits per heavy atom. The van der Waals surface area contributed by atoms with Crippen LogP contribution < -0.4 is 19.6 Å². The highest BCUT2D eigenvalue weighted by molar-refractivity contribution is 9.10. The lowest BCUT2D eigenvalue weighted by atomic mass is 10.2. The zero-order chi connectivity index (χ0) is 17.8. The van der Waals surface area contributed by atoms with E-state index in [4.69, 9.17) is 14.2 Å². The molecule has 1 amide bonds. The van der Waals surface area contributed by atoms with Crippen LogP contribution in [0.25, 0.3) is 0 Å². The first-order valence-electron chi connectivity index (χ1n) is 7.36. The van der Waals surface area contributed by atoms with E-state index in [0.717, 1.165) is 0 Å². The molecule has 1 aliphatic rings. The summed E-state index contributed by atoms with van der Waals surface area (Å²) in [6, 6.07) is 10.2. The van der Waals surface area contributed by atoms with E-state index in [2.05, 4.69) is 26.5 Å². The van der Waals surface area contributed by atoms with Crippen LogP contribution in [0.5, 0.6) is 23.0 Å². The van der Waals surface area contributed by atoms with Crippen LogP contribution in [-0.2, 0) is 4.79 Å². The number of rotatable bonds is 4. The summed E-state index contributed by atoms with van der Waals surface area (Å²) >= 11 is 3.34. The molecule has 3 rings (SSSR count). The fourth-order valence-electron chi connectivity index (χ4n) is 2.21. The normalized spacial score (nSPS) is 15.8. The lowest BCUT2D eigenvalue weighted by molar-refractivity contribution is -0.130. The van der Waals surface area contributed by atoms with Crippen molar-refractivity contribution in [2.45, 2.75) is 6.10 Å². The van der Waals surface area contributed by atoms with Crippen LogP contribution in [0.4, 0.5) is 0 Å². The zero-order valence-corrected chi connectivity index (χ0v) is 14.8. The van der Waals surface area contributed by atoms with E-state index in [9.17, 15) is 9.90 Å². The number of phenolic OH excluding ortho intramolecular Hbond substituents is 1. The second kappa shape index (κ2) is 7.43. The third kappa shape index (κ3) is 3.85. The smallest absolute Gasteiger partial charge is 0.284 e. The van der Waals surface area contributed by atoms with Gasteiger partial charge in [-0.3, -0.25) is 4.79 Å². The van der Waals surface area contributed by atoms with E-state index < -0.39 is 12.0 Å². The van der Waals surface area contributed by atoms with Crippen LogP contribution in [0.15, 0.2) is 46.0 Å². The predicted octanol–water partition coefficient (Wildman–Crippen LogP) is 2.45. The van der Waals surface area contributed by atoms with Gasteiger partial charge in [-0.2, -0.15) is 5.10 Å². The Hall–Kier alpha value is -2.74. The number of nitrogens with one attached hydrogen (secondary N) is 1. The minimum atomic E-state index is -0.792. The molecule has 0 radical (unpaired) electrons. The Balaban J connectivity index is 1.63. The van der Waals surface area contributed by atoms with Crippen LogP contribution >= 0.6 is 15.9 Å². The highest BCUT2D eigenvalue weighted by atomic mass is 79.9. The van der Waals surface area contributed by atoms with Gasteiger partial charge in [0.15, 0.2) is 23.0 Å². The first-order chi connectivity index (χ1) is 12.1. The number of carbonyl (C=O) groups is 1. The van der Waals surface area contributed by atoms with Crippen molar-refractivity contribution < 1.29 is 24.1 Å². The number of para-hydroxylation sites is 2. The Morgan fingerprint density at radius 2 is 2.16 bits per heavy atom. The van der Waals surface area contributed by atoms with E-state index in [1.54, 1.807) is 24.3 Å². The Bertz CT molecular complexity index is 825. The van der Waals surface area contributed by atoms with Gasteiger partial charge in [-0.05, 0) is 40.2 Å². The first-order valence-corrected chi connectivity index (χ1v) is 8.15. The van der Waals surface area contributed by atoms with Crippen LogP contribution in [0, 0.1) is 0 Å². The quantitative estimate of drug-likeness (QED) is 0.601. The summed E-state index contributed by atoms with van der Waals surface area (Å²) in [4.78, 5) is 12.1. The van der Waals surface area contributed by atoms with Crippen molar-refractivity contribution in [3.63, 3.8) is 0 Å². The SMILES string of the molecule is COc1cc(Br)c(/C=N\NC(=O)[C@@H]2COc3ccccc3O2)cc1O. The number of fused-ring (bicyclic) bond motifs is 1. The zero-order valence-electron chi connectivity index (χ0n) is 13.2. The molecular formula is C17H15BrN2O5. The summed E-state index contributed by atoms with van der Waals surface area (Å²) in [6.45, 7) is 0.103. The number of amides is 1. The second-order valence-electron chi connectivity index (χ2n) is 5.14. The number of ether oxygens (including phenoxy) is 3. The molecule has 130 valence electrons. The molecule has 2 aromatic rings. The summed E-state index contributed by atoms with van der Waals surface area (Å²) in [7, 11) is 1.46. The summed E-state index contributed by atoms with van der Waals surface area (Å²) in [5, 5.41) is 13.7. The molecule has 0 spiro atoms. The molecular weight excluding hydrogens is 392 g/mol. The number of halogens is 1. The number of nitrogens with zero attached hydrogens (tertiary/aromatic N) is 1. The van der Waals surface area contributed by atoms with E-state index in [1.807, 2.05) is 6.07 Å². The molecule has 0 saturated heterocycles. The standard InChI is InChI=1S/C17H15BrN2O5/c1-23-15-7-11(18)10(6-12(15)21)8-19-20-17(22)16-9-24-13-4-2-3-5-14(13)25-16/h2-8,16,21H,9H2,1H3,(H,20,22)/b19-8-/t16-/m0/s1. The van der Waals surface area contributed by atoms with Crippen molar-refractivity contribution in [1.82, 2.24) is 5.43 Å². The maximum atomic E-state index is 12.1. The van der Waals surface area contributed by atoms with Crippen molar-refractivity contribution in [3.8, 4) is 23.0 Å². The molecule has 1 atom stereocenters. The summed E-state index contributed by atoms with van der Waals surface area (Å²) < 4.78 is 16.7. The molecule has 0 aliphatic carbocycles. The van der Waals surface area contributed by atoms with E-state index >= 15 is 0 Å². The highest BCUT2D eigenvalue weighted by Gasteiger charge is 2.27. The van der Waals surface area contributed by atoms with Gasteiger partial charge in [-0.1, -0.05) is 12.1 Å². The molecule has 1 aliphatic heterocycles. The predicted molar refractivity (Wildman–Crippen MR) is 94.4 cm³/mol. The fourth-order valence-corrected chi connectivity index (χ4v) is 2.63. The molecule has 0 unspecified atom stereocenters. The molecule has 7 nitrogen and oxygen atoms in total. The first kappa shape index (κ1) is 17.1. The Labute approximate surface area is 152 Å². The van der Waals surface area contributed by atoms with Crippen LogP contribution in [0.1, 0.15) is 5.56 Å². The van der Waals surface area contributed by atoms with Gasteiger partial charge in [0.05, 0.1) is 13.3 Å². The van der Waals surface area contributed by atoms with Gasteiger partial charge in [0.25, 0.3) is 5.91 Å². The number of hydrazone groups is 1. The number of aromatic hydroxyl groups is 1. The average Bonchev–Trinajstić information content (AvgIpc) is 2.63. The molecule has 2 N–H and O–H groups in total. The molecule has 1 heterocycles. The molecule has 8 heteroatoms. The van der Waals surface area contributed by atoms with Crippen LogP contribution in [0.2, 0.25) is 0 Å². The number of methoxy groups -OCH3 is 1. The number of carbonyl (C=O) groups excluding carboxylic acids is 1. The van der Waals surface area contributed by atoms with Gasteiger partial charge in [0.2, 0.25) is 6.10 Å². The average molecular weight is 407 g/mol. The number of benzene rings is 2. The van der Waals surface area contributed by atoms with E-state index in [-0.39, 0.29) is 12.4 Å². The second-order valence-corrected chi connectivity index (χ2v) is 6.00. The maximum absolute atomic E-state index is 12.1. The van der Waals surface area contributed by atoms with Crippen molar-refractivity contribution in [2.75, 3.05) is 13.7 Å². The largest absolute Gasteiger partial charge is 0.504 e. The van der Waals surface area contributed by atoms with Crippen LogP contribution in [0.3, 0.4) is 0 Å². The summed E-state index contributed by atoms with van der Waals surface area (Å²) in [6.07, 6.45) is 0.610. The van der Waals surface area contributed by atoms with Crippen molar-refractivity contribution >= 4 is 28.1 Å². The van der Waals surface area contributed by atoms with Crippen molar-refractivity contribution in [1.29, 1.82) is 0 Å². The summed E-state index contributed by atoms with van der Waals surface area (Å²) in [5.41, 5.74) is 2.97. The number of hydrogen-bond donors (Lipinski definition) is 2. The maximum Gasteiger partial charge on any atom is 0.284 e. The number of phenols is 1. The highest BCUT2D eigenvalue weighted by Crippen LogP contribution is 2.32. The molecule has 25 heavy (non-hydrogen) atoms. The van der Waals surface area contributed by atoms with Gasteiger partial charge >= 0.3 is 0 Å². The van der Waals surface area contributed by atoms with Gasteiger partial charge in [-0.15, -0.1) is 0 Å². The Morgan fingerprint density at radius 3 is 2.92 bits per heavy atom. The lowest BCUT2D eigenvalue weighted by Gasteiger charge is -2.24. The van der Waals surface area contributed by atoms with Gasteiger partial charge in [0.1, 0.15) is 6.61 Å². The van der Waals surface area contributed by atoms with E-state index in [1.165, 1.54) is 19.4 Å². The van der Waals surface area contributed by atoms with Crippen LogP contribution in [-0.4, -0.2) is 37.0 Å². The molecule has 0 aromatic heterocycles. The molecule has 0 bridgehead atoms. The molecule has 2 aromatic carbocycles. The number of hydrogen-bond acceptors (Lipinski definition) is 6. The topological polar surface area (TPSA) is 89.4 Å². The van der Waals surface area contributed by atoms with Gasteiger partial charge < -0.3 is 19.3 Å². The monoisotopic (exact) mass is 406 g/mol. The lowest BCUT2D eigenvalue weighted by Crippen LogP contribution is -2.42. The Kier molecular flexibility index (Phi) is 5.08. The third-order valence-electron chi connectivity index (χ3n) is 3.48. The van der Waals surface area contributed by atoms with Crippen molar-refractivity contribution in [2.24, 2.45) is 5.10 Å². The minimum absolute atomic E-state index is 0.0286. The fraction of sp³-hybridized carbons (Fsp3) is 0.176. The van der Waals surface area contributed by atoms with Gasteiger partial charge in [0, 0.05) is 10.0 Å². The van der Waals surface area contributed by atoms with Crippen molar-refractivity contribution in [3.05, 3.63) is 46.4 Å². The molecule has 0 saturated carbocycles. The third-order valence-corrected chi connectivity index (χ3v) is 4.16.